The van der Waals surface area contributed by atoms with Crippen LogP contribution in [0.25, 0.3) is 0 Å². The Hall–Kier alpha value is -1.10. The van der Waals surface area contributed by atoms with Gasteiger partial charge in [-0.25, -0.2) is 0 Å². The summed E-state index contributed by atoms with van der Waals surface area (Å²) in [6.07, 6.45) is 0.904. The van der Waals surface area contributed by atoms with Gasteiger partial charge in [0.15, 0.2) is 0 Å². The maximum atomic E-state index is 11.2. The van der Waals surface area contributed by atoms with E-state index < -0.39 is 0 Å². The van der Waals surface area contributed by atoms with Gasteiger partial charge in [-0.15, -0.1) is 0 Å². The number of carbonyl (C=O) groups excluding carboxylic acids is 2. The molecule has 5 nitrogen and oxygen atoms in total. The number of nitrogens with one attached hydrogen (secondary N) is 3. The molecule has 0 saturated carbocycles. The zero-order chi connectivity index (χ0) is 11.0. The van der Waals surface area contributed by atoms with Gasteiger partial charge in [0.25, 0.3) is 0 Å². The zero-order valence-electron chi connectivity index (χ0n) is 9.02. The second-order valence-electron chi connectivity index (χ2n) is 3.15. The van der Waals surface area contributed by atoms with Gasteiger partial charge < -0.3 is 10.6 Å². The van der Waals surface area contributed by atoms with Crippen LogP contribution < -0.4 is 16.0 Å². The van der Waals surface area contributed by atoms with Crippen LogP contribution in [0, 0.1) is 0 Å². The largest absolute Gasteiger partial charge is 0.358 e. The lowest BCUT2D eigenvalue weighted by Gasteiger charge is -2.11. The fourth-order valence-electron chi connectivity index (χ4n) is 0.806. The maximum absolute atomic E-state index is 11.2. The van der Waals surface area contributed by atoms with Crippen molar-refractivity contribution in [2.45, 2.75) is 26.3 Å². The van der Waals surface area contributed by atoms with Crippen molar-refractivity contribution < 1.29 is 9.59 Å². The summed E-state index contributed by atoms with van der Waals surface area (Å²) in [5.41, 5.74) is 0. The average Bonchev–Trinajstić information content (AvgIpc) is 2.17. The van der Waals surface area contributed by atoms with Gasteiger partial charge in [0.05, 0.1) is 13.1 Å². The molecule has 0 bridgehead atoms. The van der Waals surface area contributed by atoms with E-state index in [1.165, 1.54) is 0 Å². The van der Waals surface area contributed by atoms with Crippen LogP contribution in [0.5, 0.6) is 0 Å². The first-order valence-electron chi connectivity index (χ1n) is 4.80. The second kappa shape index (κ2) is 7.32. The third-order valence-electron chi connectivity index (χ3n) is 1.87. The first kappa shape index (κ1) is 12.9. The van der Waals surface area contributed by atoms with Gasteiger partial charge in [0.1, 0.15) is 0 Å². The van der Waals surface area contributed by atoms with Crippen LogP contribution in [-0.4, -0.2) is 38.0 Å². The molecule has 0 aliphatic rings. The number of rotatable bonds is 6. The van der Waals surface area contributed by atoms with Crippen molar-refractivity contribution in [2.75, 3.05) is 20.1 Å². The van der Waals surface area contributed by atoms with Gasteiger partial charge in [-0.2, -0.15) is 0 Å². The molecule has 0 aromatic heterocycles. The van der Waals surface area contributed by atoms with E-state index in [1.54, 1.807) is 7.05 Å². The van der Waals surface area contributed by atoms with Crippen molar-refractivity contribution in [2.24, 2.45) is 0 Å². The highest BCUT2D eigenvalue weighted by Crippen LogP contribution is 1.86. The van der Waals surface area contributed by atoms with Crippen LogP contribution in [0.4, 0.5) is 0 Å². The van der Waals surface area contributed by atoms with Crippen LogP contribution in [0.1, 0.15) is 20.3 Å². The Kier molecular flexibility index (Phi) is 6.74. The van der Waals surface area contributed by atoms with Crippen molar-refractivity contribution in [3.8, 4) is 0 Å². The SMILES string of the molecule is CCC(C)NC(=O)CNCC(=O)NC. The molecule has 3 N–H and O–H groups in total. The van der Waals surface area contributed by atoms with Gasteiger partial charge in [-0.3, -0.25) is 14.9 Å². The fraction of sp³-hybridized carbons (Fsp3) is 0.778. The normalized spacial score (nSPS) is 11.9. The lowest BCUT2D eigenvalue weighted by atomic mass is 10.2. The Bertz CT molecular complexity index is 194. The number of hydrogen-bond donors (Lipinski definition) is 3. The van der Waals surface area contributed by atoms with E-state index in [1.807, 2.05) is 13.8 Å². The van der Waals surface area contributed by atoms with Crippen LogP contribution in [0.2, 0.25) is 0 Å². The van der Waals surface area contributed by atoms with Crippen molar-refractivity contribution >= 4 is 11.8 Å². The Balaban J connectivity index is 3.49. The Morgan fingerprint density at radius 1 is 1.21 bits per heavy atom. The van der Waals surface area contributed by atoms with Crippen molar-refractivity contribution in [3.63, 3.8) is 0 Å². The van der Waals surface area contributed by atoms with E-state index >= 15 is 0 Å². The van der Waals surface area contributed by atoms with Crippen LogP contribution in [-0.2, 0) is 9.59 Å². The Labute approximate surface area is 84.6 Å². The summed E-state index contributed by atoms with van der Waals surface area (Å²) in [7, 11) is 1.56. The van der Waals surface area contributed by atoms with Crippen molar-refractivity contribution in [1.29, 1.82) is 0 Å². The average molecular weight is 201 g/mol. The molecular formula is C9H19N3O2. The molecular weight excluding hydrogens is 182 g/mol. The van der Waals surface area contributed by atoms with E-state index in [0.29, 0.717) is 0 Å². The molecule has 0 radical (unpaired) electrons. The summed E-state index contributed by atoms with van der Waals surface area (Å²) in [5.74, 6) is -0.204. The topological polar surface area (TPSA) is 70.2 Å². The van der Waals surface area contributed by atoms with E-state index in [4.69, 9.17) is 0 Å². The van der Waals surface area contributed by atoms with E-state index in [9.17, 15) is 9.59 Å². The van der Waals surface area contributed by atoms with Gasteiger partial charge in [0.2, 0.25) is 11.8 Å². The third kappa shape index (κ3) is 6.42. The lowest BCUT2D eigenvalue weighted by molar-refractivity contribution is -0.121. The molecule has 0 saturated heterocycles. The predicted molar refractivity (Wildman–Crippen MR) is 54.8 cm³/mol. The van der Waals surface area contributed by atoms with Crippen molar-refractivity contribution in [1.82, 2.24) is 16.0 Å². The Morgan fingerprint density at radius 2 is 1.79 bits per heavy atom. The van der Waals surface area contributed by atoms with Gasteiger partial charge in [-0.1, -0.05) is 6.92 Å². The molecule has 1 unspecified atom stereocenters. The summed E-state index contributed by atoms with van der Waals surface area (Å²) < 4.78 is 0. The molecule has 0 aromatic carbocycles. The third-order valence-corrected chi connectivity index (χ3v) is 1.87. The monoisotopic (exact) mass is 201 g/mol. The van der Waals surface area contributed by atoms with Gasteiger partial charge in [-0.05, 0) is 13.3 Å². The maximum Gasteiger partial charge on any atom is 0.234 e. The minimum absolute atomic E-state index is 0.0803. The summed E-state index contributed by atoms with van der Waals surface area (Å²) in [6, 6.07) is 0.185. The number of carbonyl (C=O) groups is 2. The standard InChI is InChI=1S/C9H19N3O2/c1-4-7(2)12-9(14)6-11-5-8(13)10-3/h7,11H,4-6H2,1-3H3,(H,10,13)(H,12,14). The first-order valence-corrected chi connectivity index (χ1v) is 4.80. The minimum Gasteiger partial charge on any atom is -0.358 e. The van der Waals surface area contributed by atoms with Crippen LogP contribution in [0.15, 0.2) is 0 Å². The van der Waals surface area contributed by atoms with Crippen molar-refractivity contribution in [3.05, 3.63) is 0 Å². The molecule has 0 fully saturated rings. The molecule has 5 heteroatoms. The summed E-state index contributed by atoms with van der Waals surface area (Å²) in [6.45, 7) is 4.29. The highest BCUT2D eigenvalue weighted by atomic mass is 16.2. The molecule has 0 aliphatic heterocycles. The molecule has 2 amide bonds. The quantitative estimate of drug-likeness (QED) is 0.529. The molecule has 0 rings (SSSR count). The fourth-order valence-corrected chi connectivity index (χ4v) is 0.806. The molecule has 14 heavy (non-hydrogen) atoms. The summed E-state index contributed by atoms with van der Waals surface area (Å²) >= 11 is 0. The minimum atomic E-state index is -0.124. The lowest BCUT2D eigenvalue weighted by Crippen LogP contribution is -2.41. The van der Waals surface area contributed by atoms with Gasteiger partial charge >= 0.3 is 0 Å². The van der Waals surface area contributed by atoms with Crippen LogP contribution >= 0.6 is 0 Å². The zero-order valence-corrected chi connectivity index (χ0v) is 9.02. The molecule has 0 spiro atoms. The highest BCUT2D eigenvalue weighted by molar-refractivity contribution is 5.81. The van der Waals surface area contributed by atoms with Gasteiger partial charge in [0, 0.05) is 13.1 Å². The number of likely N-dealkylation sites (N-methyl/N-ethyl adjacent to an activating group) is 1. The van der Waals surface area contributed by atoms with E-state index in [0.717, 1.165) is 6.42 Å². The molecule has 1 atom stereocenters. The van der Waals surface area contributed by atoms with Crippen LogP contribution in [0.3, 0.4) is 0 Å². The molecule has 0 heterocycles. The highest BCUT2D eigenvalue weighted by Gasteiger charge is 2.05. The molecule has 0 aliphatic carbocycles. The number of hydrogen-bond acceptors (Lipinski definition) is 3. The van der Waals surface area contributed by atoms with E-state index in [-0.39, 0.29) is 30.9 Å². The second-order valence-corrected chi connectivity index (χ2v) is 3.15. The first-order chi connectivity index (χ1) is 6.60. The summed E-state index contributed by atoms with van der Waals surface area (Å²) in [4.78, 5) is 21.9. The Morgan fingerprint density at radius 3 is 2.29 bits per heavy atom. The smallest absolute Gasteiger partial charge is 0.234 e. The predicted octanol–water partition coefficient (Wildman–Crippen LogP) is -0.763. The molecule has 0 aromatic rings. The van der Waals surface area contributed by atoms with E-state index in [2.05, 4.69) is 16.0 Å². The number of amides is 2. The summed E-state index contributed by atoms with van der Waals surface area (Å²) in [5, 5.41) is 7.99. The molecule has 82 valence electrons.